The average molecular weight is 363 g/mol. The van der Waals surface area contributed by atoms with Crippen LogP contribution in [-0.4, -0.2) is 24.1 Å². The lowest BCUT2D eigenvalue weighted by Crippen LogP contribution is -2.35. The molecule has 0 aromatic heterocycles. The standard InChI is InChI=1S/C19H19F2NO4/c1-11-5-4-6-15(9-11)25-13(3)19(24)26-12(2)18(23)22-14-7-8-16(20)17(21)10-14/h4-10,12-13H,1-3H3,(H,22,23)/t12-,13+/m0/s1. The first-order chi connectivity index (χ1) is 12.3. The highest BCUT2D eigenvalue weighted by Crippen LogP contribution is 2.16. The normalized spacial score (nSPS) is 12.8. The Kier molecular flexibility index (Phi) is 6.27. The fraction of sp³-hybridized carbons (Fsp3) is 0.263. The number of carbonyl (C=O) groups is 2. The Morgan fingerprint density at radius 2 is 1.73 bits per heavy atom. The van der Waals surface area contributed by atoms with Gasteiger partial charge in [-0.1, -0.05) is 12.1 Å². The minimum Gasteiger partial charge on any atom is -0.479 e. The molecule has 0 heterocycles. The highest BCUT2D eigenvalue weighted by Gasteiger charge is 2.23. The van der Waals surface area contributed by atoms with E-state index in [-0.39, 0.29) is 5.69 Å². The van der Waals surface area contributed by atoms with E-state index in [1.54, 1.807) is 18.2 Å². The van der Waals surface area contributed by atoms with Gasteiger partial charge in [-0.25, -0.2) is 13.6 Å². The van der Waals surface area contributed by atoms with E-state index in [1.807, 2.05) is 13.0 Å². The molecule has 0 radical (unpaired) electrons. The van der Waals surface area contributed by atoms with Crippen molar-refractivity contribution in [3.05, 3.63) is 59.7 Å². The predicted octanol–water partition coefficient (Wildman–Crippen LogP) is 3.61. The molecule has 5 nitrogen and oxygen atoms in total. The summed E-state index contributed by atoms with van der Waals surface area (Å²) < 4.78 is 36.6. The summed E-state index contributed by atoms with van der Waals surface area (Å²) in [6, 6.07) is 10.1. The number of hydrogen-bond acceptors (Lipinski definition) is 4. The molecule has 2 atom stereocenters. The van der Waals surface area contributed by atoms with Crippen LogP contribution in [0.15, 0.2) is 42.5 Å². The van der Waals surface area contributed by atoms with Crippen LogP contribution in [0.1, 0.15) is 19.4 Å². The van der Waals surface area contributed by atoms with Gasteiger partial charge in [0.25, 0.3) is 5.91 Å². The van der Waals surface area contributed by atoms with Crippen molar-refractivity contribution in [2.24, 2.45) is 0 Å². The van der Waals surface area contributed by atoms with Gasteiger partial charge < -0.3 is 14.8 Å². The van der Waals surface area contributed by atoms with Crippen LogP contribution in [0, 0.1) is 18.6 Å². The lowest BCUT2D eigenvalue weighted by molar-refractivity contribution is -0.159. The molecule has 0 spiro atoms. The highest BCUT2D eigenvalue weighted by atomic mass is 19.2. The third kappa shape index (κ3) is 5.27. The van der Waals surface area contributed by atoms with Crippen LogP contribution in [0.5, 0.6) is 5.75 Å². The first-order valence-electron chi connectivity index (χ1n) is 7.96. The van der Waals surface area contributed by atoms with Crippen LogP contribution < -0.4 is 10.1 Å². The van der Waals surface area contributed by atoms with Crippen molar-refractivity contribution in [3.8, 4) is 5.75 Å². The smallest absolute Gasteiger partial charge is 0.347 e. The molecule has 0 fully saturated rings. The maximum Gasteiger partial charge on any atom is 0.347 e. The molecule has 0 unspecified atom stereocenters. The maximum atomic E-state index is 13.2. The largest absolute Gasteiger partial charge is 0.479 e. The van der Waals surface area contributed by atoms with Crippen molar-refractivity contribution in [2.45, 2.75) is 33.0 Å². The SMILES string of the molecule is Cc1cccc(O[C@H](C)C(=O)O[C@@H](C)C(=O)Nc2ccc(F)c(F)c2)c1. The summed E-state index contributed by atoms with van der Waals surface area (Å²) in [7, 11) is 0. The zero-order chi connectivity index (χ0) is 19.3. The van der Waals surface area contributed by atoms with Gasteiger partial charge in [-0.3, -0.25) is 4.79 Å². The molecule has 0 aliphatic rings. The quantitative estimate of drug-likeness (QED) is 0.797. The van der Waals surface area contributed by atoms with E-state index in [1.165, 1.54) is 19.9 Å². The topological polar surface area (TPSA) is 64.6 Å². The minimum atomic E-state index is -1.14. The number of amides is 1. The van der Waals surface area contributed by atoms with Crippen LogP contribution in [0.3, 0.4) is 0 Å². The zero-order valence-electron chi connectivity index (χ0n) is 14.6. The molecule has 0 aliphatic carbocycles. The molecule has 2 rings (SSSR count). The molecule has 0 aliphatic heterocycles. The number of rotatable bonds is 6. The second-order valence-electron chi connectivity index (χ2n) is 5.77. The number of esters is 1. The molecule has 2 aromatic carbocycles. The molecular formula is C19H19F2NO4. The number of halogens is 2. The minimum absolute atomic E-state index is 0.0564. The summed E-state index contributed by atoms with van der Waals surface area (Å²) in [5.74, 6) is -3.00. The van der Waals surface area contributed by atoms with Gasteiger partial charge in [-0.05, 0) is 50.6 Å². The summed E-state index contributed by atoms with van der Waals surface area (Å²) in [6.45, 7) is 4.76. The van der Waals surface area contributed by atoms with Crippen LogP contribution in [0.2, 0.25) is 0 Å². The predicted molar refractivity (Wildman–Crippen MR) is 91.8 cm³/mol. The molecule has 0 bridgehead atoms. The van der Waals surface area contributed by atoms with Gasteiger partial charge in [0, 0.05) is 11.8 Å². The number of carbonyl (C=O) groups excluding carboxylic acids is 2. The second-order valence-corrected chi connectivity index (χ2v) is 5.77. The Morgan fingerprint density at radius 3 is 2.38 bits per heavy atom. The number of aryl methyl sites for hydroxylation is 1. The summed E-state index contributed by atoms with van der Waals surface area (Å²) >= 11 is 0. The molecule has 2 aromatic rings. The number of ether oxygens (including phenoxy) is 2. The first kappa shape index (κ1) is 19.4. The highest BCUT2D eigenvalue weighted by molar-refractivity contribution is 5.95. The summed E-state index contributed by atoms with van der Waals surface area (Å²) in [5, 5.41) is 2.35. The van der Waals surface area contributed by atoms with E-state index in [2.05, 4.69) is 5.32 Å². The van der Waals surface area contributed by atoms with Gasteiger partial charge in [0.15, 0.2) is 23.8 Å². The number of hydrogen-bond donors (Lipinski definition) is 1. The number of anilines is 1. The average Bonchev–Trinajstić information content (AvgIpc) is 2.58. The molecule has 138 valence electrons. The van der Waals surface area contributed by atoms with Gasteiger partial charge in [-0.15, -0.1) is 0 Å². The third-order valence-electron chi connectivity index (χ3n) is 3.48. The first-order valence-corrected chi connectivity index (χ1v) is 7.96. The van der Waals surface area contributed by atoms with E-state index < -0.39 is 35.7 Å². The van der Waals surface area contributed by atoms with E-state index in [4.69, 9.17) is 9.47 Å². The second kappa shape index (κ2) is 8.42. The fourth-order valence-electron chi connectivity index (χ4n) is 2.08. The van der Waals surface area contributed by atoms with Crippen LogP contribution in [0.25, 0.3) is 0 Å². The molecule has 0 saturated heterocycles. The van der Waals surface area contributed by atoms with Crippen molar-refractivity contribution in [1.29, 1.82) is 0 Å². The number of nitrogens with one attached hydrogen (secondary N) is 1. The van der Waals surface area contributed by atoms with E-state index in [0.717, 1.165) is 17.7 Å². The molecule has 0 saturated carbocycles. The van der Waals surface area contributed by atoms with Gasteiger partial charge in [-0.2, -0.15) is 0 Å². The van der Waals surface area contributed by atoms with Crippen molar-refractivity contribution in [3.63, 3.8) is 0 Å². The van der Waals surface area contributed by atoms with Crippen molar-refractivity contribution in [2.75, 3.05) is 5.32 Å². The third-order valence-corrected chi connectivity index (χ3v) is 3.48. The van der Waals surface area contributed by atoms with Crippen molar-refractivity contribution in [1.82, 2.24) is 0 Å². The Bertz CT molecular complexity index is 810. The van der Waals surface area contributed by atoms with Crippen LogP contribution in [-0.2, 0) is 14.3 Å². The fourth-order valence-corrected chi connectivity index (χ4v) is 2.08. The van der Waals surface area contributed by atoms with Crippen LogP contribution >= 0.6 is 0 Å². The molecule has 7 heteroatoms. The van der Waals surface area contributed by atoms with E-state index >= 15 is 0 Å². The van der Waals surface area contributed by atoms with Gasteiger partial charge in [0.05, 0.1) is 0 Å². The Hall–Kier alpha value is -2.96. The lowest BCUT2D eigenvalue weighted by atomic mass is 10.2. The molecule has 26 heavy (non-hydrogen) atoms. The molecule has 1 N–H and O–H groups in total. The van der Waals surface area contributed by atoms with E-state index in [9.17, 15) is 18.4 Å². The zero-order valence-corrected chi connectivity index (χ0v) is 14.6. The summed E-state index contributed by atoms with van der Waals surface area (Å²) in [4.78, 5) is 24.1. The Labute approximate surface area is 149 Å². The molecular weight excluding hydrogens is 344 g/mol. The summed E-state index contributed by atoms with van der Waals surface area (Å²) in [5.41, 5.74) is 1.03. The van der Waals surface area contributed by atoms with Gasteiger partial charge >= 0.3 is 5.97 Å². The van der Waals surface area contributed by atoms with Gasteiger partial charge in [0.1, 0.15) is 5.75 Å². The monoisotopic (exact) mass is 363 g/mol. The van der Waals surface area contributed by atoms with E-state index in [0.29, 0.717) is 5.75 Å². The lowest BCUT2D eigenvalue weighted by Gasteiger charge is -2.18. The van der Waals surface area contributed by atoms with Crippen LogP contribution in [0.4, 0.5) is 14.5 Å². The Balaban J connectivity index is 1.90. The van der Waals surface area contributed by atoms with Gasteiger partial charge in [0.2, 0.25) is 0 Å². The maximum absolute atomic E-state index is 13.2. The van der Waals surface area contributed by atoms with Crippen molar-refractivity contribution < 1.29 is 27.8 Å². The molecule has 1 amide bonds. The van der Waals surface area contributed by atoms with Crippen molar-refractivity contribution >= 4 is 17.6 Å². The summed E-state index contributed by atoms with van der Waals surface area (Å²) in [6.07, 6.45) is -2.06. The number of benzene rings is 2. The Morgan fingerprint density at radius 1 is 1.00 bits per heavy atom.